The number of hydrogen-bond acceptors (Lipinski definition) is 12. The van der Waals surface area contributed by atoms with Crippen LogP contribution in [0.25, 0.3) is 33.4 Å². The molecule has 0 saturated heterocycles. The number of alkyl halides is 1. The van der Waals surface area contributed by atoms with Gasteiger partial charge in [-0.05, 0) is 105 Å². The summed E-state index contributed by atoms with van der Waals surface area (Å²) in [6.45, 7) is 6.06. The fourth-order valence-corrected chi connectivity index (χ4v) is 9.87. The van der Waals surface area contributed by atoms with Crippen LogP contribution in [0.1, 0.15) is 103 Å². The first-order valence-corrected chi connectivity index (χ1v) is 28.9. The van der Waals surface area contributed by atoms with E-state index in [-0.39, 0.29) is 35.3 Å². The molecule has 0 spiro atoms. The maximum atomic E-state index is 13.6. The second-order valence-corrected chi connectivity index (χ2v) is 22.3. The summed E-state index contributed by atoms with van der Waals surface area (Å²) in [5.74, 6) is -1.39. The zero-order chi connectivity index (χ0) is 58.2. The van der Waals surface area contributed by atoms with Gasteiger partial charge in [0, 0.05) is 137 Å². The average molecular weight is 1120 g/mol. The first kappa shape index (κ1) is 64.3. The Bertz CT molecular complexity index is 2850. The quantitative estimate of drug-likeness (QED) is 0.00967. The van der Waals surface area contributed by atoms with Crippen LogP contribution in [0.5, 0.6) is 0 Å². The number of nitrogens with one attached hydrogen (secondary N) is 5. The van der Waals surface area contributed by atoms with Crippen LogP contribution in [0.4, 0.5) is 11.4 Å². The van der Waals surface area contributed by atoms with Gasteiger partial charge in [0.1, 0.15) is 31.5 Å². The smallest absolute Gasteiger partial charge is 0.251 e. The van der Waals surface area contributed by atoms with Crippen LogP contribution in [0.15, 0.2) is 83.3 Å². The molecule has 3 aromatic carbocycles. The molecule has 1 aliphatic carbocycles. The number of rotatable bonds is 35. The lowest BCUT2D eigenvalue weighted by Crippen LogP contribution is -2.48. The molecule has 2 unspecified atom stereocenters. The number of carbonyl (C=O) groups is 5. The van der Waals surface area contributed by atoms with Crippen molar-refractivity contribution < 1.29 is 38.0 Å². The van der Waals surface area contributed by atoms with Crippen LogP contribution in [-0.2, 0) is 20.9 Å². The molecule has 5 rings (SSSR count). The fraction of sp³-hybridized carbons (Fsp3) is 0.508. The Hall–Kier alpha value is -6.57. The molecule has 2 atom stereocenters. The Morgan fingerprint density at radius 1 is 0.725 bits per heavy atom. The van der Waals surface area contributed by atoms with Crippen LogP contribution >= 0.6 is 11.6 Å². The van der Waals surface area contributed by atoms with Crippen molar-refractivity contribution in [3.63, 3.8) is 0 Å². The van der Waals surface area contributed by atoms with Crippen molar-refractivity contribution in [3.05, 3.63) is 101 Å². The first-order chi connectivity index (χ1) is 38.3. The van der Waals surface area contributed by atoms with Crippen LogP contribution < -0.4 is 62.9 Å². The minimum atomic E-state index is -1.42. The van der Waals surface area contributed by atoms with E-state index in [2.05, 4.69) is 69.8 Å². The molecule has 0 saturated carbocycles. The lowest BCUT2D eigenvalue weighted by Gasteiger charge is -2.30. The Morgan fingerprint density at radius 3 is 2.09 bits per heavy atom. The van der Waals surface area contributed by atoms with Gasteiger partial charge in [0.15, 0.2) is 0 Å². The zero-order valence-electron chi connectivity index (χ0n) is 48.4. The fourth-order valence-electron chi connectivity index (χ4n) is 9.61. The van der Waals surface area contributed by atoms with Crippen molar-refractivity contribution in [3.8, 4) is 22.5 Å². The van der Waals surface area contributed by atoms with E-state index in [0.29, 0.717) is 110 Å². The number of carboxylic acids is 1. The predicted molar refractivity (Wildman–Crippen MR) is 321 cm³/mol. The maximum absolute atomic E-state index is 13.6. The molecule has 1 heterocycles. The summed E-state index contributed by atoms with van der Waals surface area (Å²) in [7, 11) is 14.2. The van der Waals surface area contributed by atoms with Crippen molar-refractivity contribution in [2.75, 3.05) is 117 Å². The van der Waals surface area contributed by atoms with Crippen LogP contribution in [0.3, 0.4) is 0 Å². The number of anilines is 2. The summed E-state index contributed by atoms with van der Waals surface area (Å²) in [6, 6.07) is 23.3. The van der Waals surface area contributed by atoms with Gasteiger partial charge in [-0.25, -0.2) is 4.58 Å². The summed E-state index contributed by atoms with van der Waals surface area (Å²) in [5.41, 5.74) is 17.3. The number of nitrogens with zero attached hydrogens (tertiary/aromatic N) is 4. The lowest BCUT2D eigenvalue weighted by molar-refractivity contribution is -0.890. The molecule has 1 aliphatic heterocycles. The molecule has 4 amide bonds. The number of aromatic carboxylic acids is 1. The van der Waals surface area contributed by atoms with Gasteiger partial charge in [-0.3, -0.25) is 19.2 Å². The third-order valence-corrected chi connectivity index (χ3v) is 14.7. The number of carbonyl (C=O) groups excluding carboxylic acids is 5. The number of unbranched alkanes of at least 4 members (excludes halogenated alkanes) is 4. The lowest BCUT2D eigenvalue weighted by atomic mass is 9.89. The van der Waals surface area contributed by atoms with Gasteiger partial charge in [0.05, 0.1) is 45.3 Å². The summed E-state index contributed by atoms with van der Waals surface area (Å²) < 4.78 is 9.19. The van der Waals surface area contributed by atoms with E-state index >= 15 is 0 Å². The van der Waals surface area contributed by atoms with E-state index in [1.165, 1.54) is 11.6 Å². The molecule has 9 N–H and O–H groups in total. The Morgan fingerprint density at radius 2 is 1.39 bits per heavy atom. The monoisotopic (exact) mass is 1120 g/mol. The molecule has 0 aromatic heterocycles. The number of quaternary nitrogens is 1. The molecule has 0 radical (unpaired) electrons. The molecular formula is C61H89ClN11O7+. The summed E-state index contributed by atoms with van der Waals surface area (Å²) >= 11 is 5.90. The van der Waals surface area contributed by atoms with Crippen LogP contribution in [0.2, 0.25) is 0 Å². The molecule has 3 aromatic rings. The van der Waals surface area contributed by atoms with Gasteiger partial charge in [-0.15, -0.1) is 11.6 Å². The molecule has 80 heavy (non-hydrogen) atoms. The predicted octanol–water partition coefficient (Wildman–Crippen LogP) is 4.62. The SMILES string of the molecule is CN(C)c1ccc2c(-c3ccc(C(=O)NCCCCCC(=O)NC(CCCCNC(=O)C(N)CCCCN)C(=O)NCCC[N+](C)(C)CCCNCc4ccc(N(C)CCCl)cc4)cc3C(=O)[O-])c3ccc(=[N+](C)C)cc-3oc2c1. The third-order valence-electron chi connectivity index (χ3n) is 14.5. The van der Waals surface area contributed by atoms with E-state index in [4.69, 9.17) is 27.5 Å². The number of nitrogens with two attached hydrogens (primary N) is 2. The van der Waals surface area contributed by atoms with E-state index in [1.54, 1.807) is 12.1 Å². The van der Waals surface area contributed by atoms with Crippen molar-refractivity contribution in [2.24, 2.45) is 11.5 Å². The number of benzene rings is 4. The standard InChI is InChI=1S/C61H88ClN11O7/c1-70(2)46-25-28-49-54(40-46)80-55-41-47(71(3)4)26-29-50(55)57(49)48-27-22-44(39-51(48)61(78)79)58(75)66-33-13-8-9-19-56(74)69-53(18-11-14-34-67-59(76)52(64)17-10-12-31-63)60(77)68-35-16-38-73(6,7)37-15-32-65-42-43-20-23-45(24-21-43)72(5)36-30-62/h20-29,39-41,52-53,65H,8-19,30-38,42,63-64H2,1-7H3,(H3-2,66,67,68,69,74,75,76,77,78,79)/p+1. The molecule has 436 valence electrons. The van der Waals surface area contributed by atoms with Crippen molar-refractivity contribution >= 4 is 63.5 Å². The van der Waals surface area contributed by atoms with Gasteiger partial charge in [-0.1, -0.05) is 31.0 Å². The third kappa shape index (κ3) is 20.2. The summed E-state index contributed by atoms with van der Waals surface area (Å²) in [4.78, 5) is 69.8. The van der Waals surface area contributed by atoms with Crippen LogP contribution in [0, 0.1) is 0 Å². The minimum absolute atomic E-state index is 0.126. The highest BCUT2D eigenvalue weighted by atomic mass is 35.5. The normalized spacial score (nSPS) is 12.2. The van der Waals surface area contributed by atoms with Crippen molar-refractivity contribution in [1.29, 1.82) is 0 Å². The maximum Gasteiger partial charge on any atom is 0.251 e. The van der Waals surface area contributed by atoms with E-state index in [9.17, 15) is 29.1 Å². The van der Waals surface area contributed by atoms with Gasteiger partial charge < -0.3 is 66.7 Å². The van der Waals surface area contributed by atoms with E-state index in [1.807, 2.05) is 81.1 Å². The Balaban J connectivity index is 1.10. The van der Waals surface area contributed by atoms with E-state index in [0.717, 1.165) is 79.6 Å². The van der Waals surface area contributed by atoms with Gasteiger partial charge in [0.25, 0.3) is 5.91 Å². The van der Waals surface area contributed by atoms with E-state index < -0.39 is 24.0 Å². The second-order valence-electron chi connectivity index (χ2n) is 21.9. The van der Waals surface area contributed by atoms with Crippen molar-refractivity contribution in [1.82, 2.24) is 31.2 Å². The van der Waals surface area contributed by atoms with Gasteiger partial charge in [-0.2, -0.15) is 0 Å². The van der Waals surface area contributed by atoms with Crippen LogP contribution in [-0.4, -0.2) is 154 Å². The number of halogens is 1. The molecule has 19 heteroatoms. The average Bonchev–Trinajstić information content (AvgIpc) is 3.48. The number of amides is 4. The number of fused-ring (bicyclic) bond motifs is 2. The molecule has 2 aliphatic rings. The highest BCUT2D eigenvalue weighted by Crippen LogP contribution is 2.42. The Kier molecular flexibility index (Phi) is 26.2. The summed E-state index contributed by atoms with van der Waals surface area (Å²) in [6.07, 6.45) is 7.43. The number of carboxylic acid groups (broad SMARTS) is 1. The molecular weight excluding hydrogens is 1030 g/mol. The first-order valence-electron chi connectivity index (χ1n) is 28.3. The second kappa shape index (κ2) is 32.6. The molecule has 18 nitrogen and oxygen atoms in total. The van der Waals surface area contributed by atoms with Crippen molar-refractivity contribution in [2.45, 2.75) is 95.7 Å². The number of hydrogen-bond donors (Lipinski definition) is 7. The minimum Gasteiger partial charge on any atom is -0.545 e. The zero-order valence-corrected chi connectivity index (χ0v) is 49.2. The molecule has 0 fully saturated rings. The topological polar surface area (TPSA) is 243 Å². The van der Waals surface area contributed by atoms with Gasteiger partial charge >= 0.3 is 0 Å². The molecule has 0 bridgehead atoms. The highest BCUT2D eigenvalue weighted by Gasteiger charge is 2.24. The Labute approximate surface area is 478 Å². The van der Waals surface area contributed by atoms with Gasteiger partial charge in [0.2, 0.25) is 23.1 Å². The highest BCUT2D eigenvalue weighted by molar-refractivity contribution is 6.18. The summed E-state index contributed by atoms with van der Waals surface area (Å²) in [5, 5.41) is 29.8. The largest absolute Gasteiger partial charge is 0.545 e.